The van der Waals surface area contributed by atoms with E-state index in [2.05, 4.69) is 42.0 Å². The zero-order valence-electron chi connectivity index (χ0n) is 14.1. The molecule has 5 heteroatoms. The van der Waals surface area contributed by atoms with Crippen molar-refractivity contribution in [2.45, 2.75) is 32.3 Å². The number of allylic oxidation sites excluding steroid dienone is 4. The van der Waals surface area contributed by atoms with Gasteiger partial charge in [0.15, 0.2) is 5.62 Å². The van der Waals surface area contributed by atoms with Gasteiger partial charge in [0.25, 0.3) is 0 Å². The van der Waals surface area contributed by atoms with E-state index >= 15 is 0 Å². The molecule has 1 aliphatic rings. The third-order valence-electron chi connectivity index (χ3n) is 3.55. The number of hydrogen-bond donors (Lipinski definition) is 1. The molecule has 1 heterocycles. The molecule has 0 fully saturated rings. The molecule has 0 aromatic heterocycles. The normalized spacial score (nSPS) is 20.2. The SMILES string of the molecule is C=CCNC(=O)/C(C)=C/C/C=C\C(C)C1=NC(Cl)N(C)C=CC1. The lowest BCUT2D eigenvalue weighted by molar-refractivity contribution is -0.117. The second-order valence-corrected chi connectivity index (χ2v) is 5.91. The van der Waals surface area contributed by atoms with Gasteiger partial charge in [-0.05, 0) is 19.5 Å². The van der Waals surface area contributed by atoms with Crippen molar-refractivity contribution in [3.8, 4) is 0 Å². The minimum Gasteiger partial charge on any atom is -0.349 e. The third kappa shape index (κ3) is 6.87. The summed E-state index contributed by atoms with van der Waals surface area (Å²) in [7, 11) is 1.91. The van der Waals surface area contributed by atoms with E-state index in [1.807, 2.05) is 31.1 Å². The average molecular weight is 336 g/mol. The van der Waals surface area contributed by atoms with E-state index in [1.165, 1.54) is 0 Å². The van der Waals surface area contributed by atoms with Crippen LogP contribution >= 0.6 is 11.6 Å². The van der Waals surface area contributed by atoms with Crippen molar-refractivity contribution in [2.75, 3.05) is 13.6 Å². The van der Waals surface area contributed by atoms with Crippen molar-refractivity contribution >= 4 is 23.2 Å². The molecule has 4 nitrogen and oxygen atoms in total. The van der Waals surface area contributed by atoms with Gasteiger partial charge in [0.2, 0.25) is 5.91 Å². The van der Waals surface area contributed by atoms with Crippen molar-refractivity contribution in [2.24, 2.45) is 10.9 Å². The van der Waals surface area contributed by atoms with Gasteiger partial charge in [-0.15, -0.1) is 6.58 Å². The summed E-state index contributed by atoms with van der Waals surface area (Å²) in [5.41, 5.74) is 1.42. The van der Waals surface area contributed by atoms with Gasteiger partial charge in [-0.2, -0.15) is 0 Å². The molecular weight excluding hydrogens is 310 g/mol. The van der Waals surface area contributed by atoms with Crippen LogP contribution in [0.15, 0.2) is 53.7 Å². The number of carbonyl (C=O) groups excluding carboxylic acids is 1. The molecule has 0 saturated carbocycles. The van der Waals surface area contributed by atoms with Crippen LogP contribution in [0.4, 0.5) is 0 Å². The van der Waals surface area contributed by atoms with Crippen LogP contribution in [0.25, 0.3) is 0 Å². The van der Waals surface area contributed by atoms with Gasteiger partial charge >= 0.3 is 0 Å². The predicted octanol–water partition coefficient (Wildman–Crippen LogP) is 3.63. The zero-order chi connectivity index (χ0) is 17.2. The first kappa shape index (κ1) is 19.2. The highest BCUT2D eigenvalue weighted by Crippen LogP contribution is 2.16. The van der Waals surface area contributed by atoms with E-state index in [0.717, 1.165) is 12.1 Å². The highest BCUT2D eigenvalue weighted by Gasteiger charge is 2.14. The van der Waals surface area contributed by atoms with E-state index in [0.29, 0.717) is 18.5 Å². The topological polar surface area (TPSA) is 44.7 Å². The molecule has 1 N–H and O–H groups in total. The smallest absolute Gasteiger partial charge is 0.246 e. The van der Waals surface area contributed by atoms with Crippen LogP contribution < -0.4 is 5.32 Å². The first-order chi connectivity index (χ1) is 11.0. The maximum absolute atomic E-state index is 11.7. The fraction of sp³-hybridized carbons (Fsp3) is 0.444. The molecule has 0 aromatic carbocycles. The number of rotatable bonds is 7. The number of amides is 1. The van der Waals surface area contributed by atoms with E-state index in [9.17, 15) is 4.79 Å². The van der Waals surface area contributed by atoms with Gasteiger partial charge in [0.1, 0.15) is 0 Å². The summed E-state index contributed by atoms with van der Waals surface area (Å²) in [6.07, 6.45) is 13.3. The fourth-order valence-electron chi connectivity index (χ4n) is 2.03. The zero-order valence-corrected chi connectivity index (χ0v) is 14.9. The van der Waals surface area contributed by atoms with Crippen molar-refractivity contribution in [3.05, 3.63) is 48.7 Å². The summed E-state index contributed by atoms with van der Waals surface area (Å²) in [5, 5.41) is 2.75. The molecule has 23 heavy (non-hydrogen) atoms. The Morgan fingerprint density at radius 3 is 3.09 bits per heavy atom. The number of aliphatic imine (C=N–C) groups is 1. The second kappa shape index (κ2) is 10.1. The van der Waals surface area contributed by atoms with Gasteiger partial charge < -0.3 is 10.2 Å². The lowest BCUT2D eigenvalue weighted by Crippen LogP contribution is -2.23. The first-order valence-corrected chi connectivity index (χ1v) is 8.21. The third-order valence-corrected chi connectivity index (χ3v) is 3.96. The van der Waals surface area contributed by atoms with Gasteiger partial charge in [-0.25, -0.2) is 0 Å². The molecular formula is C18H26ClN3O. The van der Waals surface area contributed by atoms with Crippen LogP contribution in [0.5, 0.6) is 0 Å². The molecule has 0 aliphatic carbocycles. The first-order valence-electron chi connectivity index (χ1n) is 7.77. The minimum absolute atomic E-state index is 0.0577. The lowest BCUT2D eigenvalue weighted by Gasteiger charge is -2.16. The van der Waals surface area contributed by atoms with Crippen LogP contribution in [0.3, 0.4) is 0 Å². The van der Waals surface area contributed by atoms with Crippen molar-refractivity contribution < 1.29 is 4.79 Å². The Hall–Kier alpha value is -1.81. The highest BCUT2D eigenvalue weighted by molar-refractivity contribution is 6.21. The molecule has 2 unspecified atom stereocenters. The van der Waals surface area contributed by atoms with Gasteiger partial charge in [-0.3, -0.25) is 9.79 Å². The van der Waals surface area contributed by atoms with Crippen LogP contribution in [-0.2, 0) is 4.79 Å². The lowest BCUT2D eigenvalue weighted by atomic mass is 10.0. The Balaban J connectivity index is 2.54. The summed E-state index contributed by atoms with van der Waals surface area (Å²) in [6.45, 7) is 7.97. The summed E-state index contributed by atoms with van der Waals surface area (Å²) in [4.78, 5) is 18.1. The largest absolute Gasteiger partial charge is 0.349 e. The molecule has 0 radical (unpaired) electrons. The maximum Gasteiger partial charge on any atom is 0.246 e. The Bertz CT molecular complexity index is 534. The molecule has 126 valence electrons. The number of nitrogens with zero attached hydrogens (tertiary/aromatic N) is 2. The fourth-order valence-corrected chi connectivity index (χ4v) is 2.22. The summed E-state index contributed by atoms with van der Waals surface area (Å²) < 4.78 is 0. The predicted molar refractivity (Wildman–Crippen MR) is 98.5 cm³/mol. The Morgan fingerprint density at radius 1 is 1.65 bits per heavy atom. The number of hydrogen-bond acceptors (Lipinski definition) is 3. The van der Waals surface area contributed by atoms with Crippen LogP contribution in [0, 0.1) is 5.92 Å². The molecule has 0 aromatic rings. The van der Waals surface area contributed by atoms with Crippen molar-refractivity contribution in [3.63, 3.8) is 0 Å². The Morgan fingerprint density at radius 2 is 2.39 bits per heavy atom. The number of carbonyl (C=O) groups is 1. The highest BCUT2D eigenvalue weighted by atomic mass is 35.5. The number of alkyl halides is 1. The van der Waals surface area contributed by atoms with E-state index < -0.39 is 0 Å². The van der Waals surface area contributed by atoms with Crippen LogP contribution in [0.2, 0.25) is 0 Å². The van der Waals surface area contributed by atoms with E-state index in [-0.39, 0.29) is 17.5 Å². The summed E-state index contributed by atoms with van der Waals surface area (Å²) in [5.74, 6) is 0.161. The summed E-state index contributed by atoms with van der Waals surface area (Å²) in [6, 6.07) is 0. The molecule has 1 aliphatic heterocycles. The number of nitrogens with one attached hydrogen (secondary N) is 1. The molecule has 0 bridgehead atoms. The second-order valence-electron chi connectivity index (χ2n) is 5.52. The molecule has 1 amide bonds. The van der Waals surface area contributed by atoms with E-state index in [4.69, 9.17) is 11.6 Å². The maximum atomic E-state index is 11.7. The minimum atomic E-state index is -0.352. The van der Waals surface area contributed by atoms with Crippen LogP contribution in [-0.4, -0.2) is 35.7 Å². The van der Waals surface area contributed by atoms with Gasteiger partial charge in [-0.1, -0.05) is 48.9 Å². The molecule has 0 saturated heterocycles. The van der Waals surface area contributed by atoms with Crippen LogP contribution in [0.1, 0.15) is 26.7 Å². The Kier molecular flexibility index (Phi) is 8.41. The molecule has 1 rings (SSSR count). The standard InChI is InChI=1S/C18H26ClN3O/c1-5-12-20-17(23)15(3)10-7-6-9-14(2)16-11-8-13-22(4)18(19)21-16/h5-6,8-10,13-14,18H,1,7,11-12H2,2-4H3,(H,20,23)/b9-6-,15-10+. The summed E-state index contributed by atoms with van der Waals surface area (Å²) >= 11 is 6.19. The molecule has 0 spiro atoms. The molecule has 2 atom stereocenters. The van der Waals surface area contributed by atoms with Crippen molar-refractivity contribution in [1.29, 1.82) is 0 Å². The monoisotopic (exact) mass is 335 g/mol. The Labute approximate surface area is 144 Å². The van der Waals surface area contributed by atoms with Gasteiger partial charge in [0.05, 0.1) is 0 Å². The quantitative estimate of drug-likeness (QED) is 0.334. The van der Waals surface area contributed by atoms with Gasteiger partial charge in [0, 0.05) is 37.2 Å². The van der Waals surface area contributed by atoms with Crippen molar-refractivity contribution in [1.82, 2.24) is 10.2 Å². The van der Waals surface area contributed by atoms with E-state index in [1.54, 1.807) is 6.08 Å². The number of halogens is 1. The average Bonchev–Trinajstić information content (AvgIpc) is 2.70.